The van der Waals surface area contributed by atoms with Gasteiger partial charge >= 0.3 is 0 Å². The highest BCUT2D eigenvalue weighted by molar-refractivity contribution is 6.24. The standard InChI is InChI=1S/C11H17Cl.C10H18Cl2.C10H17Cl.C10H15Cl.C10H20O2.C10H18O.6CH4/c1-3-9(2)11-6-4-10(8-12)5-7-11;1-9(2,11)8-4-6-10(3,12)7-5-8;1-9(2)7-4-5-10(9,3)8(11)6-7;1-8(2)10-5-3-9(7-11)4-6-10;1-9(2,11)8-4-6-10(3,12)7-5-8;1-8-4-6-9(7-5-8)10(2,3)11;;;;;;/h4,11H,2-3,5-8H2,1H3;8H,4-7H2,1-3H3;7-8H,4-6H2,1-3H3;3,10H,1,4-7H2,2H3;8,11-12H,4-7H2,1-3H3;4,9,11H,5-7H2,1-3H3;6*1H4/t11-;;7-,8+,10+;10-;;9-;;;;;;/m1.01.0....../s1. The lowest BCUT2D eigenvalue weighted by atomic mass is 9.71. The topological polar surface area (TPSA) is 60.7 Å². The molecular weight excluding hydrogens is 1030 g/mol. The SMILES string of the molecule is C.C.C.C.C.C.C=C(C)[C@@H]1CC=C(CCl)CC1.C=C(CC)[C@@H]1CC=C(CCl)CC1.CC1(C)[C@H]2CC[C@]1(C)[C@H](Cl)C2.CC1(Cl)CCC(C(C)(C)Cl)CC1.CC1(O)CCC(C(C)(C)O)CC1.CC1=CC[C@H](C(C)(C)O)CC1. The van der Waals surface area contributed by atoms with E-state index < -0.39 is 16.8 Å². The molecule has 7 aliphatic rings. The van der Waals surface area contributed by atoms with Gasteiger partial charge in [-0.15, -0.1) is 58.0 Å². The molecule has 0 heterocycles. The molecule has 0 aliphatic heterocycles. The van der Waals surface area contributed by atoms with Gasteiger partial charge < -0.3 is 15.3 Å². The Morgan fingerprint density at radius 1 is 0.627 bits per heavy atom. The molecule has 4 saturated carbocycles. The van der Waals surface area contributed by atoms with E-state index in [1.54, 1.807) is 0 Å². The van der Waals surface area contributed by atoms with Crippen molar-refractivity contribution in [3.8, 4) is 0 Å². The Kier molecular flexibility index (Phi) is 40.8. The van der Waals surface area contributed by atoms with Crippen LogP contribution < -0.4 is 0 Å². The fraction of sp³-hybridized carbons (Fsp3) is 0.851. The maximum atomic E-state index is 9.73. The van der Waals surface area contributed by atoms with Crippen molar-refractivity contribution in [2.45, 2.75) is 308 Å². The molecule has 7 rings (SSSR count). The molecular formula is C67H129Cl5O3. The minimum absolute atomic E-state index is 0. The van der Waals surface area contributed by atoms with Gasteiger partial charge in [0.25, 0.3) is 0 Å². The number of rotatable bonds is 8. The fourth-order valence-electron chi connectivity index (χ4n) is 11.7. The van der Waals surface area contributed by atoms with E-state index in [9.17, 15) is 15.3 Å². The average molecular weight is 1160 g/mol. The van der Waals surface area contributed by atoms with Crippen LogP contribution in [0.1, 0.15) is 276 Å². The molecule has 0 aromatic carbocycles. The van der Waals surface area contributed by atoms with Crippen molar-refractivity contribution >= 4 is 58.0 Å². The summed E-state index contributed by atoms with van der Waals surface area (Å²) in [5, 5.41) is 29.5. The van der Waals surface area contributed by atoms with Gasteiger partial charge in [-0.05, 0) is 250 Å². The van der Waals surface area contributed by atoms with Crippen LogP contribution in [0.2, 0.25) is 0 Å². The van der Waals surface area contributed by atoms with Gasteiger partial charge in [0.15, 0.2) is 0 Å². The van der Waals surface area contributed by atoms with Crippen molar-refractivity contribution in [3.05, 3.63) is 59.3 Å². The Morgan fingerprint density at radius 2 is 1.07 bits per heavy atom. The first-order valence-electron chi connectivity index (χ1n) is 27.3. The quantitative estimate of drug-likeness (QED) is 0.168. The first kappa shape index (κ1) is 83.8. The second-order valence-corrected chi connectivity index (χ2v) is 28.7. The van der Waals surface area contributed by atoms with Crippen LogP contribution in [0.4, 0.5) is 0 Å². The number of halogens is 5. The van der Waals surface area contributed by atoms with Crippen molar-refractivity contribution in [1.29, 1.82) is 0 Å². The summed E-state index contributed by atoms with van der Waals surface area (Å²) in [5.41, 5.74) is 6.40. The molecule has 0 amide bonds. The molecule has 8 heteroatoms. The second-order valence-electron chi connectivity index (χ2n) is 25.7. The van der Waals surface area contributed by atoms with Gasteiger partial charge in [0.1, 0.15) is 0 Å². The third-order valence-electron chi connectivity index (χ3n) is 18.5. The van der Waals surface area contributed by atoms with Crippen LogP contribution in [0.5, 0.6) is 0 Å². The highest BCUT2D eigenvalue weighted by atomic mass is 35.5. The molecule has 0 saturated heterocycles. The number of aliphatic hydroxyl groups is 3. The third kappa shape index (κ3) is 28.0. The van der Waals surface area contributed by atoms with E-state index in [0.717, 1.165) is 88.9 Å². The molecule has 0 aromatic heterocycles. The van der Waals surface area contributed by atoms with Crippen LogP contribution in [-0.4, -0.2) is 59.0 Å². The zero-order valence-electron chi connectivity index (χ0n) is 46.7. The summed E-state index contributed by atoms with van der Waals surface area (Å²) in [6, 6.07) is 0. The van der Waals surface area contributed by atoms with Gasteiger partial charge in [-0.1, -0.05) is 132 Å². The van der Waals surface area contributed by atoms with Crippen molar-refractivity contribution in [1.82, 2.24) is 0 Å². The summed E-state index contributed by atoms with van der Waals surface area (Å²) in [6.45, 7) is 37.4. The minimum atomic E-state index is -0.573. The smallest absolute Gasteiger partial charge is 0.0622 e. The summed E-state index contributed by atoms with van der Waals surface area (Å²) in [6.07, 6.45) is 30.6. The third-order valence-corrected chi connectivity index (χ3v) is 20.5. The Bertz CT molecular complexity index is 1610. The first-order valence-corrected chi connectivity index (χ1v) is 29.5. The monoisotopic (exact) mass is 1160 g/mol. The first-order chi connectivity index (χ1) is 31.6. The molecule has 75 heavy (non-hydrogen) atoms. The Morgan fingerprint density at radius 3 is 1.35 bits per heavy atom. The van der Waals surface area contributed by atoms with Crippen LogP contribution in [0.25, 0.3) is 0 Å². The highest BCUT2D eigenvalue weighted by Crippen LogP contribution is 2.67. The molecule has 450 valence electrons. The van der Waals surface area contributed by atoms with E-state index in [-0.39, 0.29) is 54.3 Å². The molecule has 6 atom stereocenters. The van der Waals surface area contributed by atoms with Crippen LogP contribution in [0, 0.1) is 46.3 Å². The van der Waals surface area contributed by atoms with Crippen LogP contribution in [0.3, 0.4) is 0 Å². The minimum Gasteiger partial charge on any atom is -0.390 e. The lowest BCUT2D eigenvalue weighted by Gasteiger charge is -2.38. The van der Waals surface area contributed by atoms with Gasteiger partial charge in [0.2, 0.25) is 0 Å². The number of hydrogen-bond donors (Lipinski definition) is 3. The van der Waals surface area contributed by atoms with E-state index in [1.807, 2.05) is 34.6 Å². The maximum absolute atomic E-state index is 9.73. The average Bonchev–Trinajstić information content (AvgIpc) is 3.59. The number of fused-ring (bicyclic) bond motifs is 2. The van der Waals surface area contributed by atoms with E-state index in [1.165, 1.54) is 85.7 Å². The summed E-state index contributed by atoms with van der Waals surface area (Å²) < 4.78 is 0. The molecule has 0 unspecified atom stereocenters. The zero-order valence-corrected chi connectivity index (χ0v) is 50.5. The molecule has 3 nitrogen and oxygen atoms in total. The van der Waals surface area contributed by atoms with Crippen molar-refractivity contribution < 1.29 is 15.3 Å². The lowest BCUT2D eigenvalue weighted by molar-refractivity contribution is -0.0509. The molecule has 0 aromatic rings. The lowest BCUT2D eigenvalue weighted by Crippen LogP contribution is -2.39. The molecule has 0 radical (unpaired) electrons. The van der Waals surface area contributed by atoms with Gasteiger partial charge in [-0.2, -0.15) is 0 Å². The van der Waals surface area contributed by atoms with Gasteiger partial charge in [-0.25, -0.2) is 0 Å². The van der Waals surface area contributed by atoms with Gasteiger partial charge in [0.05, 0.1) is 16.8 Å². The normalized spacial score (nSPS) is 31.3. The molecule has 0 spiro atoms. The predicted molar refractivity (Wildman–Crippen MR) is 348 cm³/mol. The molecule has 3 N–H and O–H groups in total. The number of alkyl halides is 5. The summed E-state index contributed by atoms with van der Waals surface area (Å²) >= 11 is 30.3. The van der Waals surface area contributed by atoms with E-state index in [2.05, 4.69) is 93.7 Å². The van der Waals surface area contributed by atoms with Crippen LogP contribution >= 0.6 is 58.0 Å². The largest absolute Gasteiger partial charge is 0.390 e. The fourth-order valence-corrected chi connectivity index (χ4v) is 13.2. The van der Waals surface area contributed by atoms with E-state index >= 15 is 0 Å². The van der Waals surface area contributed by atoms with E-state index in [0.29, 0.717) is 51.6 Å². The second kappa shape index (κ2) is 36.5. The zero-order chi connectivity index (χ0) is 52.8. The van der Waals surface area contributed by atoms with Crippen molar-refractivity contribution in [3.63, 3.8) is 0 Å². The van der Waals surface area contributed by atoms with Crippen molar-refractivity contribution in [2.24, 2.45) is 46.3 Å². The van der Waals surface area contributed by atoms with Crippen molar-refractivity contribution in [2.75, 3.05) is 11.8 Å². The van der Waals surface area contributed by atoms with E-state index in [4.69, 9.17) is 58.0 Å². The number of allylic oxidation sites excluding steroid dienone is 8. The Balaban J connectivity index is -0.000000257. The summed E-state index contributed by atoms with van der Waals surface area (Å²) in [4.78, 5) is -0.00791. The maximum Gasteiger partial charge on any atom is 0.0622 e. The molecule has 2 bridgehead atoms. The summed E-state index contributed by atoms with van der Waals surface area (Å²) in [5.74, 6) is 5.22. The Hall–Kier alpha value is 0.0300. The van der Waals surface area contributed by atoms with Crippen LogP contribution in [-0.2, 0) is 0 Å². The Labute approximate surface area is 495 Å². The summed E-state index contributed by atoms with van der Waals surface area (Å²) in [7, 11) is 0. The van der Waals surface area contributed by atoms with Crippen LogP contribution in [0.15, 0.2) is 59.3 Å². The number of hydrogen-bond acceptors (Lipinski definition) is 3. The van der Waals surface area contributed by atoms with Gasteiger partial charge in [0, 0.05) is 26.9 Å². The van der Waals surface area contributed by atoms with Gasteiger partial charge in [-0.3, -0.25) is 0 Å². The highest BCUT2D eigenvalue weighted by Gasteiger charge is 2.60. The molecule has 4 fully saturated rings. The molecule has 7 aliphatic carbocycles. The predicted octanol–water partition coefficient (Wildman–Crippen LogP) is 23.1.